The van der Waals surface area contributed by atoms with E-state index >= 15 is 0 Å². The summed E-state index contributed by atoms with van der Waals surface area (Å²) >= 11 is 0. The van der Waals surface area contributed by atoms with Crippen LogP contribution in [0.3, 0.4) is 0 Å². The maximum absolute atomic E-state index is 13.4. The number of nitrogens with two attached hydrogens (primary N) is 1. The number of hydrogen-bond donors (Lipinski definition) is 2. The standard InChI is InChI=1S/C28H26N4O4/c29-25(34)18-13-15-19(16-14-18)30-24(33)12-2-1-7-17-31-26-20-8-3-4-9-21(20)28(36)32(26)23-11-6-5-10-22(23)27(31)35/h3-6,8-11,13-16,26H,1-2,7,12,17H2,(H2,29,34)(H,30,33). The zero-order valence-electron chi connectivity index (χ0n) is 19.6. The van der Waals surface area contributed by atoms with Crippen LogP contribution in [0.15, 0.2) is 72.8 Å². The lowest BCUT2D eigenvalue weighted by atomic mass is 10.0. The van der Waals surface area contributed by atoms with Crippen LogP contribution in [0.5, 0.6) is 0 Å². The number of nitrogens with zero attached hydrogens (tertiary/aromatic N) is 2. The summed E-state index contributed by atoms with van der Waals surface area (Å²) in [6, 6.07) is 21.1. The topological polar surface area (TPSA) is 113 Å². The summed E-state index contributed by atoms with van der Waals surface area (Å²) in [7, 11) is 0. The van der Waals surface area contributed by atoms with Crippen LogP contribution < -0.4 is 16.0 Å². The molecule has 0 spiro atoms. The van der Waals surface area contributed by atoms with E-state index in [2.05, 4.69) is 5.32 Å². The van der Waals surface area contributed by atoms with Crippen molar-refractivity contribution in [1.29, 1.82) is 0 Å². The van der Waals surface area contributed by atoms with E-state index in [0.717, 1.165) is 12.0 Å². The van der Waals surface area contributed by atoms with Crippen molar-refractivity contribution in [2.45, 2.75) is 31.8 Å². The van der Waals surface area contributed by atoms with Gasteiger partial charge in [0.25, 0.3) is 11.8 Å². The molecule has 2 aliphatic heterocycles. The number of rotatable bonds is 8. The fraction of sp³-hybridized carbons (Fsp3) is 0.214. The highest BCUT2D eigenvalue weighted by Crippen LogP contribution is 2.45. The van der Waals surface area contributed by atoms with Gasteiger partial charge in [-0.05, 0) is 55.3 Å². The van der Waals surface area contributed by atoms with Gasteiger partial charge in [0.1, 0.15) is 6.17 Å². The van der Waals surface area contributed by atoms with Gasteiger partial charge >= 0.3 is 0 Å². The molecule has 0 fully saturated rings. The first-order valence-electron chi connectivity index (χ1n) is 12.0. The predicted octanol–water partition coefficient (Wildman–Crippen LogP) is 4.10. The van der Waals surface area contributed by atoms with E-state index in [0.29, 0.717) is 53.9 Å². The monoisotopic (exact) mass is 482 g/mol. The van der Waals surface area contributed by atoms with Crippen LogP contribution in [0.25, 0.3) is 0 Å². The minimum Gasteiger partial charge on any atom is -0.366 e. The fourth-order valence-electron chi connectivity index (χ4n) is 4.89. The number of hydrogen-bond acceptors (Lipinski definition) is 4. The third-order valence-electron chi connectivity index (χ3n) is 6.64. The molecule has 3 N–H and O–H groups in total. The maximum atomic E-state index is 13.4. The Morgan fingerprint density at radius 2 is 1.50 bits per heavy atom. The molecular formula is C28H26N4O4. The average Bonchev–Trinajstić information content (AvgIpc) is 3.18. The van der Waals surface area contributed by atoms with Crippen molar-refractivity contribution in [2.75, 3.05) is 16.8 Å². The first kappa shape index (κ1) is 23.3. The summed E-state index contributed by atoms with van der Waals surface area (Å²) in [5.41, 5.74) is 8.85. The average molecular weight is 483 g/mol. The SMILES string of the molecule is NC(=O)c1ccc(NC(=O)CCCCCN2C(=O)c3ccccc3N3C(=O)c4ccccc4C23)cc1. The summed E-state index contributed by atoms with van der Waals surface area (Å²) in [4.78, 5) is 53.6. The maximum Gasteiger partial charge on any atom is 0.260 e. The Balaban J connectivity index is 1.20. The van der Waals surface area contributed by atoms with Crippen LogP contribution in [0.1, 0.15) is 68.5 Å². The fourth-order valence-corrected chi connectivity index (χ4v) is 4.89. The van der Waals surface area contributed by atoms with Crippen molar-refractivity contribution in [2.24, 2.45) is 5.73 Å². The second kappa shape index (κ2) is 9.65. The third-order valence-corrected chi connectivity index (χ3v) is 6.64. The second-order valence-corrected chi connectivity index (χ2v) is 8.95. The Hall–Kier alpha value is -4.46. The van der Waals surface area contributed by atoms with Gasteiger partial charge in [0.15, 0.2) is 0 Å². The number of unbranched alkanes of at least 4 members (excludes halogenated alkanes) is 2. The highest BCUT2D eigenvalue weighted by Gasteiger charge is 2.47. The van der Waals surface area contributed by atoms with Gasteiger partial charge < -0.3 is 16.0 Å². The Kier molecular flexibility index (Phi) is 6.25. The molecule has 2 heterocycles. The van der Waals surface area contributed by atoms with E-state index in [-0.39, 0.29) is 17.7 Å². The molecule has 5 rings (SSSR count). The first-order chi connectivity index (χ1) is 17.5. The molecule has 3 aromatic carbocycles. The second-order valence-electron chi connectivity index (χ2n) is 8.95. The summed E-state index contributed by atoms with van der Waals surface area (Å²) in [5.74, 6) is -0.821. The number of benzene rings is 3. The highest BCUT2D eigenvalue weighted by atomic mass is 16.2. The molecule has 1 atom stereocenters. The van der Waals surface area contributed by atoms with Gasteiger partial charge in [-0.2, -0.15) is 0 Å². The first-order valence-corrected chi connectivity index (χ1v) is 12.0. The number of carbonyl (C=O) groups is 4. The molecule has 0 aromatic heterocycles. The van der Waals surface area contributed by atoms with E-state index in [1.54, 1.807) is 46.2 Å². The van der Waals surface area contributed by atoms with Crippen molar-refractivity contribution >= 4 is 35.0 Å². The molecule has 0 saturated carbocycles. The molecule has 1 unspecified atom stereocenters. The zero-order chi connectivity index (χ0) is 25.2. The number of amides is 4. The summed E-state index contributed by atoms with van der Waals surface area (Å²) < 4.78 is 0. The Bertz CT molecular complexity index is 1350. The molecule has 182 valence electrons. The van der Waals surface area contributed by atoms with Gasteiger partial charge in [-0.15, -0.1) is 0 Å². The van der Waals surface area contributed by atoms with Crippen LogP contribution in [0.4, 0.5) is 11.4 Å². The number of primary amides is 1. The minimum absolute atomic E-state index is 0.0893. The van der Waals surface area contributed by atoms with Crippen LogP contribution >= 0.6 is 0 Å². The number of fused-ring (bicyclic) bond motifs is 5. The van der Waals surface area contributed by atoms with E-state index in [9.17, 15) is 19.2 Å². The van der Waals surface area contributed by atoms with Gasteiger partial charge in [-0.1, -0.05) is 36.8 Å². The Morgan fingerprint density at radius 1 is 0.806 bits per heavy atom. The van der Waals surface area contributed by atoms with Crippen LogP contribution in [0, 0.1) is 0 Å². The summed E-state index contributed by atoms with van der Waals surface area (Å²) in [6.07, 6.45) is 2.00. The third kappa shape index (κ3) is 4.22. The molecule has 8 nitrogen and oxygen atoms in total. The molecule has 2 aliphatic rings. The van der Waals surface area contributed by atoms with E-state index < -0.39 is 12.1 Å². The molecular weight excluding hydrogens is 456 g/mol. The van der Waals surface area contributed by atoms with Crippen molar-refractivity contribution in [3.63, 3.8) is 0 Å². The lowest BCUT2D eigenvalue weighted by Gasteiger charge is -2.41. The van der Waals surface area contributed by atoms with Gasteiger partial charge in [0.2, 0.25) is 11.8 Å². The molecule has 4 amide bonds. The molecule has 0 bridgehead atoms. The lowest BCUT2D eigenvalue weighted by Crippen LogP contribution is -2.48. The van der Waals surface area contributed by atoms with Gasteiger partial charge in [-0.25, -0.2) is 0 Å². The highest BCUT2D eigenvalue weighted by molar-refractivity contribution is 6.16. The molecule has 0 saturated heterocycles. The van der Waals surface area contributed by atoms with Crippen molar-refractivity contribution in [3.05, 3.63) is 95.1 Å². The smallest absolute Gasteiger partial charge is 0.260 e. The lowest BCUT2D eigenvalue weighted by molar-refractivity contribution is -0.116. The minimum atomic E-state index is -0.517. The summed E-state index contributed by atoms with van der Waals surface area (Å²) in [6.45, 7) is 0.478. The van der Waals surface area contributed by atoms with Crippen molar-refractivity contribution in [1.82, 2.24) is 4.90 Å². The summed E-state index contributed by atoms with van der Waals surface area (Å²) in [5, 5.41) is 2.81. The normalized spacial score (nSPS) is 15.8. The number of para-hydroxylation sites is 1. The quantitative estimate of drug-likeness (QED) is 0.471. The van der Waals surface area contributed by atoms with Crippen molar-refractivity contribution < 1.29 is 19.2 Å². The van der Waals surface area contributed by atoms with Gasteiger partial charge in [0, 0.05) is 35.3 Å². The molecule has 3 aromatic rings. The Morgan fingerprint density at radius 3 is 2.25 bits per heavy atom. The van der Waals surface area contributed by atoms with Crippen LogP contribution in [-0.4, -0.2) is 35.1 Å². The van der Waals surface area contributed by atoms with E-state index in [1.165, 1.54) is 0 Å². The number of carbonyl (C=O) groups excluding carboxylic acids is 4. The number of nitrogens with one attached hydrogen (secondary N) is 1. The molecule has 8 heteroatoms. The van der Waals surface area contributed by atoms with Gasteiger partial charge in [-0.3, -0.25) is 24.1 Å². The van der Waals surface area contributed by atoms with Crippen LogP contribution in [-0.2, 0) is 4.79 Å². The molecule has 0 radical (unpaired) electrons. The molecule has 0 aliphatic carbocycles. The number of anilines is 2. The van der Waals surface area contributed by atoms with Crippen LogP contribution in [0.2, 0.25) is 0 Å². The Labute approximate surface area is 208 Å². The predicted molar refractivity (Wildman–Crippen MR) is 136 cm³/mol. The molecule has 36 heavy (non-hydrogen) atoms. The van der Waals surface area contributed by atoms with E-state index in [1.807, 2.05) is 36.4 Å². The largest absolute Gasteiger partial charge is 0.366 e. The zero-order valence-corrected chi connectivity index (χ0v) is 19.6. The van der Waals surface area contributed by atoms with E-state index in [4.69, 9.17) is 5.73 Å². The van der Waals surface area contributed by atoms with Crippen molar-refractivity contribution in [3.8, 4) is 0 Å². The van der Waals surface area contributed by atoms with Gasteiger partial charge in [0.05, 0.1) is 11.3 Å².